The minimum atomic E-state index is -3.33. The summed E-state index contributed by atoms with van der Waals surface area (Å²) in [5.41, 5.74) is 0. The lowest BCUT2D eigenvalue weighted by Crippen LogP contribution is -2.51. The lowest BCUT2D eigenvalue weighted by molar-refractivity contribution is 0.159. The molecule has 1 N–H and O–H groups in total. The Balaban J connectivity index is 1.69. The van der Waals surface area contributed by atoms with Crippen LogP contribution in [0.15, 0.2) is 16.3 Å². The quantitative estimate of drug-likeness (QED) is 0.885. The SMILES string of the molecule is CC1CN(S(=O)(=O)c2csc(CNC3CC3)c2)CCN1C. The molecule has 1 aromatic rings. The molecule has 1 saturated carbocycles. The summed E-state index contributed by atoms with van der Waals surface area (Å²) < 4.78 is 27.0. The van der Waals surface area contributed by atoms with Gasteiger partial charge < -0.3 is 10.2 Å². The number of piperazine rings is 1. The Morgan fingerprint density at radius 3 is 2.81 bits per heavy atom. The van der Waals surface area contributed by atoms with E-state index < -0.39 is 10.0 Å². The Hall–Kier alpha value is -0.470. The van der Waals surface area contributed by atoms with Crippen LogP contribution in [0.1, 0.15) is 24.6 Å². The third kappa shape index (κ3) is 3.48. The van der Waals surface area contributed by atoms with Gasteiger partial charge in [0.1, 0.15) is 0 Å². The van der Waals surface area contributed by atoms with E-state index in [1.54, 1.807) is 9.69 Å². The second-order valence-electron chi connectivity index (χ2n) is 6.10. The predicted octanol–water partition coefficient (Wildman–Crippen LogP) is 1.32. The zero-order valence-corrected chi connectivity index (χ0v) is 14.2. The van der Waals surface area contributed by atoms with Crippen LogP contribution in [0.2, 0.25) is 0 Å². The standard InChI is InChI=1S/C14H23N3O2S2/c1-11-9-17(6-5-16(11)2)21(18,19)14-7-13(20-10-14)8-15-12-3-4-12/h7,10-12,15H,3-6,8-9H2,1-2H3. The first-order valence-electron chi connectivity index (χ1n) is 7.48. The average Bonchev–Trinajstić information content (AvgIpc) is 3.15. The first kappa shape index (κ1) is 15.4. The van der Waals surface area contributed by atoms with E-state index in [9.17, 15) is 8.42 Å². The zero-order chi connectivity index (χ0) is 15.0. The largest absolute Gasteiger partial charge is 0.309 e. The van der Waals surface area contributed by atoms with Gasteiger partial charge in [0.25, 0.3) is 0 Å². The molecule has 0 bridgehead atoms. The van der Waals surface area contributed by atoms with Gasteiger partial charge >= 0.3 is 0 Å². The fourth-order valence-corrected chi connectivity index (χ4v) is 5.23. The summed E-state index contributed by atoms with van der Waals surface area (Å²) >= 11 is 1.53. The molecule has 0 radical (unpaired) electrons. The van der Waals surface area contributed by atoms with Crippen LogP contribution in [-0.2, 0) is 16.6 Å². The van der Waals surface area contributed by atoms with Gasteiger partial charge in [-0.2, -0.15) is 4.31 Å². The molecule has 0 aromatic carbocycles. The molecule has 0 amide bonds. The molecule has 1 aliphatic heterocycles. The molecule has 0 spiro atoms. The third-order valence-electron chi connectivity index (χ3n) is 4.33. The van der Waals surface area contributed by atoms with Crippen molar-refractivity contribution in [2.24, 2.45) is 0 Å². The van der Waals surface area contributed by atoms with Crippen molar-refractivity contribution < 1.29 is 8.42 Å². The third-order valence-corrected chi connectivity index (χ3v) is 7.26. The van der Waals surface area contributed by atoms with Crippen LogP contribution < -0.4 is 5.32 Å². The second kappa shape index (κ2) is 5.96. The van der Waals surface area contributed by atoms with E-state index >= 15 is 0 Å². The molecule has 1 aliphatic carbocycles. The van der Waals surface area contributed by atoms with E-state index in [1.165, 1.54) is 24.2 Å². The molecule has 2 fully saturated rings. The van der Waals surface area contributed by atoms with E-state index in [2.05, 4.69) is 17.1 Å². The number of likely N-dealkylation sites (N-methyl/N-ethyl adjacent to an activating group) is 1. The molecule has 118 valence electrons. The monoisotopic (exact) mass is 329 g/mol. The number of nitrogens with zero attached hydrogens (tertiary/aromatic N) is 2. The van der Waals surface area contributed by atoms with Crippen molar-refractivity contribution in [1.29, 1.82) is 0 Å². The fraction of sp³-hybridized carbons (Fsp3) is 0.714. The van der Waals surface area contributed by atoms with E-state index in [1.807, 2.05) is 13.1 Å². The average molecular weight is 329 g/mol. The number of nitrogens with one attached hydrogen (secondary N) is 1. The molecule has 5 nitrogen and oxygen atoms in total. The normalized spacial score (nSPS) is 25.3. The summed E-state index contributed by atoms with van der Waals surface area (Å²) in [4.78, 5) is 3.75. The molecule has 21 heavy (non-hydrogen) atoms. The molecule has 1 saturated heterocycles. The van der Waals surface area contributed by atoms with Crippen LogP contribution in [0.5, 0.6) is 0 Å². The lowest BCUT2D eigenvalue weighted by Gasteiger charge is -2.36. The lowest BCUT2D eigenvalue weighted by atomic mass is 10.2. The molecule has 1 unspecified atom stereocenters. The van der Waals surface area contributed by atoms with Crippen molar-refractivity contribution in [1.82, 2.24) is 14.5 Å². The highest BCUT2D eigenvalue weighted by molar-refractivity contribution is 7.89. The molecule has 3 rings (SSSR count). The summed E-state index contributed by atoms with van der Waals surface area (Å²) in [6.45, 7) is 4.80. The fourth-order valence-electron chi connectivity index (χ4n) is 2.50. The van der Waals surface area contributed by atoms with Crippen molar-refractivity contribution in [2.45, 2.75) is 43.3 Å². The van der Waals surface area contributed by atoms with Crippen LogP contribution in [0.4, 0.5) is 0 Å². The van der Waals surface area contributed by atoms with Crippen LogP contribution in [-0.4, -0.2) is 56.4 Å². The molecular weight excluding hydrogens is 306 g/mol. The molecule has 1 atom stereocenters. The highest BCUT2D eigenvalue weighted by Gasteiger charge is 2.31. The maximum atomic E-state index is 12.7. The first-order valence-corrected chi connectivity index (χ1v) is 9.80. The number of thiophene rings is 1. The number of hydrogen-bond donors (Lipinski definition) is 1. The zero-order valence-electron chi connectivity index (χ0n) is 12.6. The highest BCUT2D eigenvalue weighted by atomic mass is 32.2. The van der Waals surface area contributed by atoms with Crippen molar-refractivity contribution in [3.8, 4) is 0 Å². The highest BCUT2D eigenvalue weighted by Crippen LogP contribution is 2.26. The number of sulfonamides is 1. The predicted molar refractivity (Wildman–Crippen MR) is 85.0 cm³/mol. The maximum absolute atomic E-state index is 12.7. The second-order valence-corrected chi connectivity index (χ2v) is 9.03. The topological polar surface area (TPSA) is 52.7 Å². The molecule has 7 heteroatoms. The maximum Gasteiger partial charge on any atom is 0.244 e. The molecule has 2 heterocycles. The van der Waals surface area contributed by atoms with Gasteiger partial charge in [-0.05, 0) is 32.9 Å². The summed E-state index contributed by atoms with van der Waals surface area (Å²) in [7, 11) is -1.29. The van der Waals surface area contributed by atoms with Crippen LogP contribution in [0, 0.1) is 0 Å². The van der Waals surface area contributed by atoms with Gasteiger partial charge in [0, 0.05) is 48.5 Å². The Morgan fingerprint density at radius 2 is 2.14 bits per heavy atom. The molecular formula is C14H23N3O2S2. The van der Waals surface area contributed by atoms with Gasteiger partial charge in [-0.15, -0.1) is 11.3 Å². The van der Waals surface area contributed by atoms with E-state index in [4.69, 9.17) is 0 Å². The Kier molecular flexibility index (Phi) is 4.38. The van der Waals surface area contributed by atoms with Gasteiger partial charge in [-0.25, -0.2) is 8.42 Å². The number of hydrogen-bond acceptors (Lipinski definition) is 5. The van der Waals surface area contributed by atoms with Crippen LogP contribution in [0.3, 0.4) is 0 Å². The van der Waals surface area contributed by atoms with Gasteiger partial charge in [-0.3, -0.25) is 0 Å². The van der Waals surface area contributed by atoms with Gasteiger partial charge in [0.2, 0.25) is 10.0 Å². The minimum Gasteiger partial charge on any atom is -0.309 e. The summed E-state index contributed by atoms with van der Waals surface area (Å²) in [5, 5.41) is 5.21. The van der Waals surface area contributed by atoms with Crippen molar-refractivity contribution in [2.75, 3.05) is 26.7 Å². The Morgan fingerprint density at radius 1 is 1.38 bits per heavy atom. The summed E-state index contributed by atoms with van der Waals surface area (Å²) in [5.74, 6) is 0. The van der Waals surface area contributed by atoms with Gasteiger partial charge in [-0.1, -0.05) is 0 Å². The first-order chi connectivity index (χ1) is 9.96. The Bertz CT molecular complexity index is 595. The van der Waals surface area contributed by atoms with E-state index in [-0.39, 0.29) is 6.04 Å². The number of rotatable bonds is 5. The van der Waals surface area contributed by atoms with Crippen molar-refractivity contribution in [3.63, 3.8) is 0 Å². The van der Waals surface area contributed by atoms with Gasteiger partial charge in [0.15, 0.2) is 0 Å². The smallest absolute Gasteiger partial charge is 0.244 e. The molecule has 2 aliphatic rings. The van der Waals surface area contributed by atoms with Crippen molar-refractivity contribution in [3.05, 3.63) is 16.3 Å². The summed E-state index contributed by atoms with van der Waals surface area (Å²) in [6.07, 6.45) is 2.49. The Labute approximate surface area is 131 Å². The summed E-state index contributed by atoms with van der Waals surface area (Å²) in [6, 6.07) is 2.74. The minimum absolute atomic E-state index is 0.267. The van der Waals surface area contributed by atoms with E-state index in [0.717, 1.165) is 18.0 Å². The van der Waals surface area contributed by atoms with Crippen LogP contribution in [0.25, 0.3) is 0 Å². The van der Waals surface area contributed by atoms with Crippen LogP contribution >= 0.6 is 11.3 Å². The van der Waals surface area contributed by atoms with E-state index in [0.29, 0.717) is 24.0 Å². The van der Waals surface area contributed by atoms with Crippen molar-refractivity contribution >= 4 is 21.4 Å². The van der Waals surface area contributed by atoms with Gasteiger partial charge in [0.05, 0.1) is 4.90 Å². The molecule has 1 aromatic heterocycles.